The molecule has 2 heterocycles. The van der Waals surface area contributed by atoms with E-state index in [2.05, 4.69) is 10.2 Å². The molecule has 7 heteroatoms. The normalized spacial score (nSPS) is 12.5. The third-order valence-electron chi connectivity index (χ3n) is 2.72. The van der Waals surface area contributed by atoms with Crippen LogP contribution in [0.4, 0.5) is 8.78 Å². The molecule has 2 aromatic heterocycles. The van der Waals surface area contributed by atoms with Gasteiger partial charge in [0.25, 0.3) is 5.89 Å². The van der Waals surface area contributed by atoms with Gasteiger partial charge in [0.15, 0.2) is 0 Å². The molecule has 0 saturated heterocycles. The Kier molecular flexibility index (Phi) is 4.03. The van der Waals surface area contributed by atoms with Gasteiger partial charge in [-0.15, -0.1) is 33.3 Å². The second-order valence-corrected chi connectivity index (χ2v) is 6.59. The van der Waals surface area contributed by atoms with Crippen LogP contribution in [0.3, 0.4) is 0 Å². The predicted molar refractivity (Wildman–Crippen MR) is 78.2 cm³/mol. The van der Waals surface area contributed by atoms with E-state index in [1.807, 2.05) is 24.4 Å². The monoisotopic (exact) mass is 324 g/mol. The minimum atomic E-state index is -0.595. The van der Waals surface area contributed by atoms with Crippen LogP contribution in [-0.4, -0.2) is 10.2 Å². The minimum Gasteiger partial charge on any atom is -0.419 e. The maximum Gasteiger partial charge on any atom is 0.257 e. The summed E-state index contributed by atoms with van der Waals surface area (Å²) in [5.74, 6) is -0.328. The van der Waals surface area contributed by atoms with Crippen LogP contribution in [0.2, 0.25) is 0 Å². The van der Waals surface area contributed by atoms with E-state index in [0.717, 1.165) is 10.9 Å². The molecule has 3 rings (SSSR count). The van der Waals surface area contributed by atoms with E-state index in [0.29, 0.717) is 16.7 Å². The zero-order chi connectivity index (χ0) is 14.8. The molecule has 0 bridgehead atoms. The lowest BCUT2D eigenvalue weighted by molar-refractivity contribution is 0.509. The zero-order valence-corrected chi connectivity index (χ0v) is 12.5. The van der Waals surface area contributed by atoms with Crippen LogP contribution in [-0.2, 0) is 0 Å². The Labute approximate surface area is 128 Å². The van der Waals surface area contributed by atoms with Crippen LogP contribution in [0, 0.1) is 11.6 Å². The molecule has 0 amide bonds. The highest BCUT2D eigenvalue weighted by Gasteiger charge is 2.18. The van der Waals surface area contributed by atoms with Crippen LogP contribution in [0.5, 0.6) is 0 Å². The lowest BCUT2D eigenvalue weighted by Gasteiger charge is -2.07. The maximum atomic E-state index is 13.6. The van der Waals surface area contributed by atoms with E-state index in [1.165, 1.54) is 35.2 Å². The Morgan fingerprint density at radius 1 is 1.24 bits per heavy atom. The summed E-state index contributed by atoms with van der Waals surface area (Å²) in [5.41, 5.74) is 0. The maximum absolute atomic E-state index is 13.6. The molecule has 0 spiro atoms. The fourth-order valence-electron chi connectivity index (χ4n) is 1.71. The lowest BCUT2D eigenvalue weighted by atomic mass is 10.3. The highest BCUT2D eigenvalue weighted by Crippen LogP contribution is 2.36. The standard InChI is InChI=1S/C14H10F2N2OS2/c1-8(21-11-5-4-9(15)7-10(11)16)13-17-18-14(19-13)12-3-2-6-20-12/h2-8H,1H3/t8-/m1/s1. The van der Waals surface area contributed by atoms with Crippen molar-refractivity contribution in [3.63, 3.8) is 0 Å². The number of halogens is 2. The van der Waals surface area contributed by atoms with Crippen LogP contribution < -0.4 is 0 Å². The van der Waals surface area contributed by atoms with Crippen molar-refractivity contribution >= 4 is 23.1 Å². The van der Waals surface area contributed by atoms with E-state index in [4.69, 9.17) is 4.42 Å². The average molecular weight is 324 g/mol. The van der Waals surface area contributed by atoms with Crippen molar-refractivity contribution in [2.24, 2.45) is 0 Å². The molecule has 0 N–H and O–H groups in total. The van der Waals surface area contributed by atoms with Crippen molar-refractivity contribution in [2.45, 2.75) is 17.1 Å². The first-order valence-electron chi connectivity index (χ1n) is 6.12. The molecule has 0 aliphatic heterocycles. The van der Waals surface area contributed by atoms with Gasteiger partial charge in [0.1, 0.15) is 11.6 Å². The van der Waals surface area contributed by atoms with Crippen LogP contribution in [0.1, 0.15) is 18.1 Å². The van der Waals surface area contributed by atoms with Gasteiger partial charge in [-0.3, -0.25) is 0 Å². The van der Waals surface area contributed by atoms with Gasteiger partial charge < -0.3 is 4.42 Å². The summed E-state index contributed by atoms with van der Waals surface area (Å²) < 4.78 is 32.1. The number of rotatable bonds is 4. The quantitative estimate of drug-likeness (QED) is 0.638. The second kappa shape index (κ2) is 5.95. The summed E-state index contributed by atoms with van der Waals surface area (Å²) >= 11 is 2.71. The second-order valence-electron chi connectivity index (χ2n) is 4.26. The Bertz CT molecular complexity index is 743. The summed E-state index contributed by atoms with van der Waals surface area (Å²) in [6.07, 6.45) is 0. The van der Waals surface area contributed by atoms with Gasteiger partial charge in [0, 0.05) is 11.0 Å². The largest absolute Gasteiger partial charge is 0.419 e. The third kappa shape index (κ3) is 3.14. The molecule has 21 heavy (non-hydrogen) atoms. The number of hydrogen-bond acceptors (Lipinski definition) is 5. The molecule has 1 atom stereocenters. The highest BCUT2D eigenvalue weighted by molar-refractivity contribution is 7.99. The van der Waals surface area contributed by atoms with Crippen molar-refractivity contribution in [2.75, 3.05) is 0 Å². The fraction of sp³-hybridized carbons (Fsp3) is 0.143. The first kappa shape index (κ1) is 14.2. The fourth-order valence-corrected chi connectivity index (χ4v) is 3.25. The van der Waals surface area contributed by atoms with Gasteiger partial charge in [0.05, 0.1) is 10.1 Å². The number of hydrogen-bond donors (Lipinski definition) is 0. The summed E-state index contributed by atoms with van der Waals surface area (Å²) in [6, 6.07) is 7.28. The number of benzene rings is 1. The molecule has 0 fully saturated rings. The molecule has 0 aliphatic rings. The third-order valence-corrected chi connectivity index (χ3v) is 4.72. The molecule has 3 nitrogen and oxygen atoms in total. The van der Waals surface area contributed by atoms with Gasteiger partial charge in [-0.05, 0) is 30.5 Å². The first-order chi connectivity index (χ1) is 10.1. The van der Waals surface area contributed by atoms with E-state index in [-0.39, 0.29) is 5.25 Å². The van der Waals surface area contributed by atoms with Gasteiger partial charge >= 0.3 is 0 Å². The summed E-state index contributed by atoms with van der Waals surface area (Å²) in [7, 11) is 0. The summed E-state index contributed by atoms with van der Waals surface area (Å²) in [4.78, 5) is 1.23. The topological polar surface area (TPSA) is 38.9 Å². The highest BCUT2D eigenvalue weighted by atomic mass is 32.2. The Morgan fingerprint density at radius 3 is 2.81 bits per heavy atom. The summed E-state index contributed by atoms with van der Waals surface area (Å²) in [6.45, 7) is 1.83. The molecule has 0 radical (unpaired) electrons. The number of aromatic nitrogens is 2. The Hall–Kier alpha value is -1.73. The van der Waals surface area contributed by atoms with Gasteiger partial charge in [-0.25, -0.2) is 8.78 Å². The number of thiophene rings is 1. The molecular formula is C14H10F2N2OS2. The molecular weight excluding hydrogens is 314 g/mol. The zero-order valence-electron chi connectivity index (χ0n) is 10.9. The van der Waals surface area contributed by atoms with E-state index >= 15 is 0 Å². The van der Waals surface area contributed by atoms with E-state index < -0.39 is 11.6 Å². The van der Waals surface area contributed by atoms with Gasteiger partial charge in [-0.2, -0.15) is 0 Å². The van der Waals surface area contributed by atoms with E-state index in [1.54, 1.807) is 0 Å². The predicted octanol–water partition coefficient (Wildman–Crippen LogP) is 4.93. The van der Waals surface area contributed by atoms with Gasteiger partial charge in [-0.1, -0.05) is 6.07 Å². The SMILES string of the molecule is C[C@@H](Sc1ccc(F)cc1F)c1nnc(-c2cccs2)o1. The Morgan fingerprint density at radius 2 is 2.10 bits per heavy atom. The first-order valence-corrected chi connectivity index (χ1v) is 7.88. The van der Waals surface area contributed by atoms with Crippen LogP contribution >= 0.6 is 23.1 Å². The van der Waals surface area contributed by atoms with Crippen molar-refractivity contribution in [1.82, 2.24) is 10.2 Å². The molecule has 0 unspecified atom stereocenters. The van der Waals surface area contributed by atoms with Crippen molar-refractivity contribution < 1.29 is 13.2 Å². The minimum absolute atomic E-state index is 0.230. The number of thioether (sulfide) groups is 1. The van der Waals surface area contributed by atoms with Crippen molar-refractivity contribution in [3.8, 4) is 10.8 Å². The lowest BCUT2D eigenvalue weighted by Crippen LogP contribution is -1.91. The van der Waals surface area contributed by atoms with Crippen LogP contribution in [0.15, 0.2) is 45.0 Å². The average Bonchev–Trinajstić information content (AvgIpc) is 3.10. The summed E-state index contributed by atoms with van der Waals surface area (Å²) in [5, 5.41) is 9.66. The van der Waals surface area contributed by atoms with Crippen LogP contribution in [0.25, 0.3) is 10.8 Å². The molecule has 3 aromatic rings. The van der Waals surface area contributed by atoms with Crippen molar-refractivity contribution in [1.29, 1.82) is 0 Å². The van der Waals surface area contributed by atoms with E-state index in [9.17, 15) is 8.78 Å². The molecule has 0 saturated carbocycles. The molecule has 1 aromatic carbocycles. The van der Waals surface area contributed by atoms with Crippen molar-refractivity contribution in [3.05, 3.63) is 53.2 Å². The number of nitrogens with zero attached hydrogens (tertiary/aromatic N) is 2. The Balaban J connectivity index is 1.78. The molecule has 108 valence electrons. The molecule has 0 aliphatic carbocycles. The van der Waals surface area contributed by atoms with Gasteiger partial charge in [0.2, 0.25) is 5.89 Å². The smallest absolute Gasteiger partial charge is 0.257 e.